The smallest absolute Gasteiger partial charge is 0.347 e. The van der Waals surface area contributed by atoms with Gasteiger partial charge in [0.1, 0.15) is 12.4 Å². The summed E-state index contributed by atoms with van der Waals surface area (Å²) >= 11 is 3.43. The lowest BCUT2D eigenvalue weighted by atomic mass is 10.2. The van der Waals surface area contributed by atoms with Crippen molar-refractivity contribution in [1.29, 1.82) is 0 Å². The first-order valence-corrected chi connectivity index (χ1v) is 13.2. The summed E-state index contributed by atoms with van der Waals surface area (Å²) in [6.45, 7) is 11.6. The van der Waals surface area contributed by atoms with E-state index >= 15 is 0 Å². The molecule has 0 aliphatic carbocycles. The highest BCUT2D eigenvalue weighted by Crippen LogP contribution is 2.40. The molecule has 0 aliphatic heterocycles. The van der Waals surface area contributed by atoms with Crippen LogP contribution in [0.1, 0.15) is 26.3 Å². The summed E-state index contributed by atoms with van der Waals surface area (Å²) in [5.41, 5.74) is 0.973. The monoisotopic (exact) mass is 448 g/mol. The van der Waals surface area contributed by atoms with Crippen LogP contribution in [-0.2, 0) is 16.1 Å². The van der Waals surface area contributed by atoms with Crippen molar-refractivity contribution in [3.8, 4) is 5.75 Å². The van der Waals surface area contributed by atoms with E-state index in [1.807, 2.05) is 54.6 Å². The molecular formula is C22H29BrO3Si. The van der Waals surface area contributed by atoms with E-state index in [1.165, 1.54) is 0 Å². The fourth-order valence-electron chi connectivity index (χ4n) is 2.44. The molecule has 1 atom stereocenters. The zero-order valence-electron chi connectivity index (χ0n) is 16.8. The minimum Gasteiger partial charge on any atom is -0.479 e. The van der Waals surface area contributed by atoms with Crippen molar-refractivity contribution in [3.05, 3.63) is 64.6 Å². The Hall–Kier alpha value is -1.59. The van der Waals surface area contributed by atoms with Crippen LogP contribution < -0.4 is 4.74 Å². The van der Waals surface area contributed by atoms with Crippen molar-refractivity contribution in [3.63, 3.8) is 0 Å². The van der Waals surface area contributed by atoms with Crippen molar-refractivity contribution < 1.29 is 14.3 Å². The Morgan fingerprint density at radius 3 is 2.19 bits per heavy atom. The van der Waals surface area contributed by atoms with E-state index in [0.717, 1.165) is 10.0 Å². The van der Waals surface area contributed by atoms with E-state index in [9.17, 15) is 4.79 Å². The van der Waals surface area contributed by atoms with Gasteiger partial charge in [-0.15, -0.1) is 0 Å². The molecule has 2 aromatic carbocycles. The van der Waals surface area contributed by atoms with Gasteiger partial charge in [0.15, 0.2) is 6.10 Å². The number of hydrogen-bond donors (Lipinski definition) is 0. The third-order valence-corrected chi connectivity index (χ3v) is 11.3. The zero-order chi connectivity index (χ0) is 20.1. The Morgan fingerprint density at radius 1 is 1.04 bits per heavy atom. The first-order chi connectivity index (χ1) is 12.6. The minimum absolute atomic E-state index is 0.161. The fourth-order valence-corrected chi connectivity index (χ4v) is 4.50. The summed E-state index contributed by atoms with van der Waals surface area (Å²) in [5.74, 6) is 0.380. The van der Waals surface area contributed by atoms with E-state index in [-0.39, 0.29) is 17.6 Å². The van der Waals surface area contributed by atoms with E-state index in [2.05, 4.69) is 49.8 Å². The van der Waals surface area contributed by atoms with Crippen molar-refractivity contribution >= 4 is 30.0 Å². The molecule has 0 saturated carbocycles. The summed E-state index contributed by atoms with van der Waals surface area (Å²) in [4.78, 5) is 12.9. The standard InChI is InChI=1S/C22H29BrO3Si/c1-22(2,3)27(4,5)16-20(26-19-13-11-18(23)12-14-19)21(24)25-15-17-9-7-6-8-10-17/h6-14,20H,15-16H2,1-5H3/t20-/m0/s1. The predicted molar refractivity (Wildman–Crippen MR) is 117 cm³/mol. The molecule has 0 radical (unpaired) electrons. The molecule has 0 fully saturated rings. The topological polar surface area (TPSA) is 35.5 Å². The van der Waals surface area contributed by atoms with Gasteiger partial charge in [-0.25, -0.2) is 4.79 Å². The largest absolute Gasteiger partial charge is 0.479 e. The lowest BCUT2D eigenvalue weighted by Gasteiger charge is -2.38. The Labute approximate surface area is 172 Å². The molecule has 0 bridgehead atoms. The molecular weight excluding hydrogens is 420 g/mol. The number of carbonyl (C=O) groups is 1. The number of ether oxygens (including phenoxy) is 2. The molecule has 2 aromatic rings. The number of halogens is 1. The second kappa shape index (κ2) is 9.07. The lowest BCUT2D eigenvalue weighted by Crippen LogP contribution is -2.44. The van der Waals surface area contributed by atoms with Gasteiger partial charge < -0.3 is 9.47 Å². The van der Waals surface area contributed by atoms with Crippen molar-refractivity contribution in [2.45, 2.75) is 57.7 Å². The maximum absolute atomic E-state index is 12.9. The Kier molecular flexibility index (Phi) is 7.29. The van der Waals surface area contributed by atoms with E-state index < -0.39 is 14.2 Å². The van der Waals surface area contributed by atoms with Crippen LogP contribution >= 0.6 is 15.9 Å². The highest BCUT2D eigenvalue weighted by atomic mass is 79.9. The van der Waals surface area contributed by atoms with Crippen molar-refractivity contribution in [2.75, 3.05) is 0 Å². The molecule has 5 heteroatoms. The second-order valence-corrected chi connectivity index (χ2v) is 15.1. The first kappa shape index (κ1) is 21.7. The van der Waals surface area contributed by atoms with Crippen LogP contribution in [-0.4, -0.2) is 20.1 Å². The van der Waals surface area contributed by atoms with Gasteiger partial charge in [0.25, 0.3) is 0 Å². The van der Waals surface area contributed by atoms with Crippen LogP contribution in [0.5, 0.6) is 5.75 Å². The zero-order valence-corrected chi connectivity index (χ0v) is 19.4. The summed E-state index contributed by atoms with van der Waals surface area (Å²) in [7, 11) is -1.74. The average molecular weight is 449 g/mol. The van der Waals surface area contributed by atoms with Crippen LogP contribution in [0.15, 0.2) is 59.1 Å². The van der Waals surface area contributed by atoms with Gasteiger partial charge in [0.05, 0.1) is 8.07 Å². The highest BCUT2D eigenvalue weighted by molar-refractivity contribution is 9.10. The van der Waals surface area contributed by atoms with E-state index in [4.69, 9.17) is 9.47 Å². The third-order valence-electron chi connectivity index (χ3n) is 5.30. The molecule has 0 spiro atoms. The van der Waals surface area contributed by atoms with E-state index in [1.54, 1.807) is 0 Å². The quantitative estimate of drug-likeness (QED) is 0.360. The molecule has 0 heterocycles. The van der Waals surface area contributed by atoms with Gasteiger partial charge in [-0.2, -0.15) is 0 Å². The second-order valence-electron chi connectivity index (χ2n) is 8.49. The van der Waals surface area contributed by atoms with Crippen molar-refractivity contribution in [2.24, 2.45) is 0 Å². The van der Waals surface area contributed by atoms with Crippen molar-refractivity contribution in [1.82, 2.24) is 0 Å². The summed E-state index contributed by atoms with van der Waals surface area (Å²) < 4.78 is 12.7. The fraction of sp³-hybridized carbons (Fsp3) is 0.409. The van der Waals surface area contributed by atoms with Gasteiger partial charge in [-0.3, -0.25) is 0 Å². The number of rotatable bonds is 7. The SMILES string of the molecule is CC(C)(C)[Si](C)(C)C[C@H](Oc1ccc(Br)cc1)C(=O)OCc1ccccc1. The number of carbonyl (C=O) groups excluding carboxylic acids is 1. The molecule has 146 valence electrons. The maximum Gasteiger partial charge on any atom is 0.347 e. The normalized spacial score (nSPS) is 13.1. The first-order valence-electron chi connectivity index (χ1n) is 9.21. The van der Waals surface area contributed by atoms with E-state index in [0.29, 0.717) is 11.8 Å². The molecule has 3 nitrogen and oxygen atoms in total. The molecule has 0 N–H and O–H groups in total. The van der Waals surface area contributed by atoms with Gasteiger partial charge in [-0.05, 0) is 40.9 Å². The lowest BCUT2D eigenvalue weighted by molar-refractivity contribution is -0.152. The van der Waals surface area contributed by atoms with Crippen LogP contribution in [0.2, 0.25) is 24.2 Å². The van der Waals surface area contributed by atoms with Crippen LogP contribution in [0, 0.1) is 0 Å². The Balaban J connectivity index is 2.14. The third kappa shape index (κ3) is 6.50. The Morgan fingerprint density at radius 2 is 1.63 bits per heavy atom. The van der Waals surface area contributed by atoms with Crippen LogP contribution in [0.3, 0.4) is 0 Å². The summed E-state index contributed by atoms with van der Waals surface area (Å²) in [5, 5.41) is 0.161. The van der Waals surface area contributed by atoms with Crippen LogP contribution in [0.4, 0.5) is 0 Å². The molecule has 27 heavy (non-hydrogen) atoms. The number of hydrogen-bond acceptors (Lipinski definition) is 3. The van der Waals surface area contributed by atoms with Gasteiger partial charge in [0, 0.05) is 4.47 Å². The Bertz CT molecular complexity index is 736. The average Bonchev–Trinajstić information content (AvgIpc) is 2.60. The number of benzene rings is 2. The molecule has 0 saturated heterocycles. The van der Waals surface area contributed by atoms with Gasteiger partial charge in [-0.1, -0.05) is 80.1 Å². The molecule has 2 rings (SSSR count). The molecule has 0 aliphatic rings. The molecule has 0 unspecified atom stereocenters. The van der Waals surface area contributed by atoms with Crippen LogP contribution in [0.25, 0.3) is 0 Å². The molecule has 0 aromatic heterocycles. The number of esters is 1. The predicted octanol–water partition coefficient (Wildman–Crippen LogP) is 6.45. The maximum atomic E-state index is 12.9. The van der Waals surface area contributed by atoms with Gasteiger partial charge in [0.2, 0.25) is 0 Å². The molecule has 0 amide bonds. The summed E-state index contributed by atoms with van der Waals surface area (Å²) in [6, 6.07) is 18.0. The summed E-state index contributed by atoms with van der Waals surface area (Å²) in [6.07, 6.45) is -0.601. The van der Waals surface area contributed by atoms with Gasteiger partial charge >= 0.3 is 5.97 Å². The minimum atomic E-state index is -1.74. The highest BCUT2D eigenvalue weighted by Gasteiger charge is 2.40.